The maximum absolute atomic E-state index is 12.5. The van der Waals surface area contributed by atoms with Gasteiger partial charge in [-0.1, -0.05) is 11.6 Å². The molecule has 3 rings (SSSR count). The maximum Gasteiger partial charge on any atom is 0.374 e. The van der Waals surface area contributed by atoms with Gasteiger partial charge in [0.15, 0.2) is 0 Å². The van der Waals surface area contributed by atoms with Crippen LogP contribution in [0, 0.1) is 0 Å². The molecule has 2 aromatic heterocycles. The van der Waals surface area contributed by atoms with Gasteiger partial charge in [0.1, 0.15) is 4.90 Å². The van der Waals surface area contributed by atoms with E-state index < -0.39 is 21.5 Å². The number of hydrogen-bond acceptors (Lipinski definition) is 6. The number of fused-ring (bicyclic) bond motifs is 1. The van der Waals surface area contributed by atoms with Gasteiger partial charge in [0, 0.05) is 6.20 Å². The average molecular weight is 360 g/mol. The topological polar surface area (TPSA) is 99.0 Å². The summed E-state index contributed by atoms with van der Waals surface area (Å²) in [6, 6.07) is 1.31. The number of imidazole rings is 1. The molecule has 0 bridgehead atoms. The van der Waals surface area contributed by atoms with Crippen LogP contribution in [-0.4, -0.2) is 49.6 Å². The van der Waals surface area contributed by atoms with E-state index in [1.54, 1.807) is 6.92 Å². The van der Waals surface area contributed by atoms with E-state index in [0.717, 1.165) is 0 Å². The van der Waals surface area contributed by atoms with Crippen LogP contribution in [0.2, 0.25) is 5.02 Å². The predicted octanol–water partition coefficient (Wildman–Crippen LogP) is 0.842. The fraction of sp³-hybridized carbons (Fsp3) is 0.385. The number of ether oxygens (including phenoxy) is 2. The average Bonchev–Trinajstić information content (AvgIpc) is 2.89. The van der Waals surface area contributed by atoms with Crippen molar-refractivity contribution in [3.8, 4) is 0 Å². The Kier molecular flexibility index (Phi) is 3.83. The fourth-order valence-electron chi connectivity index (χ4n) is 2.27. The lowest BCUT2D eigenvalue weighted by molar-refractivity contribution is -0.0523. The highest BCUT2D eigenvalue weighted by molar-refractivity contribution is 7.89. The lowest BCUT2D eigenvalue weighted by atomic mass is 10.0. The van der Waals surface area contributed by atoms with Crippen LogP contribution in [-0.2, 0) is 19.5 Å². The predicted molar refractivity (Wildman–Crippen MR) is 81.1 cm³/mol. The summed E-state index contributed by atoms with van der Waals surface area (Å²) < 4.78 is 38.6. The first-order chi connectivity index (χ1) is 10.8. The van der Waals surface area contributed by atoms with E-state index in [1.807, 2.05) is 0 Å². The molecule has 0 aliphatic carbocycles. The van der Waals surface area contributed by atoms with Gasteiger partial charge in [0.2, 0.25) is 15.8 Å². The minimum absolute atomic E-state index is 0.0559. The van der Waals surface area contributed by atoms with Crippen LogP contribution >= 0.6 is 11.6 Å². The summed E-state index contributed by atoms with van der Waals surface area (Å²) in [5, 5.41) is 0.158. The number of halogens is 1. The number of sulfonamides is 1. The van der Waals surface area contributed by atoms with Crippen molar-refractivity contribution in [1.29, 1.82) is 0 Å². The summed E-state index contributed by atoms with van der Waals surface area (Å²) in [4.78, 5) is 15.6. The second-order valence-electron chi connectivity index (χ2n) is 5.51. The minimum atomic E-state index is -3.84. The van der Waals surface area contributed by atoms with E-state index in [0.29, 0.717) is 18.7 Å². The van der Waals surface area contributed by atoms with Gasteiger partial charge >= 0.3 is 5.97 Å². The molecule has 1 aliphatic heterocycles. The quantitative estimate of drug-likeness (QED) is 0.812. The first-order valence-electron chi connectivity index (χ1n) is 6.62. The number of esters is 1. The summed E-state index contributed by atoms with van der Waals surface area (Å²) in [7, 11) is -2.62. The Morgan fingerprint density at radius 3 is 2.78 bits per heavy atom. The molecule has 2 aromatic rings. The third kappa shape index (κ3) is 2.80. The van der Waals surface area contributed by atoms with E-state index in [1.165, 1.54) is 30.0 Å². The molecule has 0 aromatic carbocycles. The lowest BCUT2D eigenvalue weighted by Crippen LogP contribution is -2.59. The SMILES string of the molecule is COC(=O)c1ncc2c(Cl)cc(S(=O)(=O)NC3(C)COC3)cn12. The molecule has 0 unspecified atom stereocenters. The Labute approximate surface area is 137 Å². The number of aromatic nitrogens is 2. The normalized spacial score (nSPS) is 17.0. The maximum atomic E-state index is 12.5. The second kappa shape index (κ2) is 5.45. The van der Waals surface area contributed by atoms with Gasteiger partial charge in [-0.05, 0) is 13.0 Å². The third-order valence-corrected chi connectivity index (χ3v) is 5.38. The van der Waals surface area contributed by atoms with E-state index in [4.69, 9.17) is 16.3 Å². The van der Waals surface area contributed by atoms with Crippen molar-refractivity contribution in [2.24, 2.45) is 0 Å². The monoisotopic (exact) mass is 359 g/mol. The van der Waals surface area contributed by atoms with Crippen molar-refractivity contribution in [2.45, 2.75) is 17.4 Å². The van der Waals surface area contributed by atoms with Crippen molar-refractivity contribution in [1.82, 2.24) is 14.1 Å². The van der Waals surface area contributed by atoms with Crippen LogP contribution in [0.25, 0.3) is 5.52 Å². The van der Waals surface area contributed by atoms with E-state index in [2.05, 4.69) is 14.4 Å². The Bertz CT molecular complexity index is 888. The molecule has 23 heavy (non-hydrogen) atoms. The summed E-state index contributed by atoms with van der Waals surface area (Å²) in [6.45, 7) is 2.33. The van der Waals surface area contributed by atoms with E-state index in [9.17, 15) is 13.2 Å². The number of carbonyl (C=O) groups excluding carboxylic acids is 1. The van der Waals surface area contributed by atoms with Gasteiger partial charge < -0.3 is 9.47 Å². The van der Waals surface area contributed by atoms with Crippen LogP contribution in [0.5, 0.6) is 0 Å². The number of pyridine rings is 1. The Morgan fingerprint density at radius 1 is 1.52 bits per heavy atom. The summed E-state index contributed by atoms with van der Waals surface area (Å²) in [5.41, 5.74) is -0.246. The van der Waals surface area contributed by atoms with E-state index in [-0.39, 0.29) is 15.7 Å². The highest BCUT2D eigenvalue weighted by Crippen LogP contribution is 2.25. The second-order valence-corrected chi connectivity index (χ2v) is 7.60. The molecule has 1 aliphatic rings. The molecular weight excluding hydrogens is 346 g/mol. The summed E-state index contributed by atoms with van der Waals surface area (Å²) in [6.07, 6.45) is 2.66. The van der Waals surface area contributed by atoms with Crippen molar-refractivity contribution in [2.75, 3.05) is 20.3 Å². The number of methoxy groups -OCH3 is 1. The molecule has 8 nitrogen and oxygen atoms in total. The van der Waals surface area contributed by atoms with E-state index >= 15 is 0 Å². The summed E-state index contributed by atoms with van der Waals surface area (Å²) >= 11 is 6.12. The Morgan fingerprint density at radius 2 is 2.22 bits per heavy atom. The molecule has 1 fully saturated rings. The van der Waals surface area contributed by atoms with Crippen LogP contribution in [0.4, 0.5) is 0 Å². The Balaban J connectivity index is 2.09. The molecule has 0 spiro atoms. The highest BCUT2D eigenvalue weighted by Gasteiger charge is 2.38. The van der Waals surface area contributed by atoms with Gasteiger partial charge in [-0.15, -0.1) is 0 Å². The third-order valence-electron chi connectivity index (χ3n) is 3.47. The molecular formula is C13H14ClN3O5S. The summed E-state index contributed by atoms with van der Waals surface area (Å²) in [5.74, 6) is -0.748. The van der Waals surface area contributed by atoms with Crippen molar-refractivity contribution >= 4 is 33.1 Å². The van der Waals surface area contributed by atoms with Gasteiger partial charge in [-0.2, -0.15) is 0 Å². The number of rotatable bonds is 4. The first kappa shape index (κ1) is 16.2. The van der Waals surface area contributed by atoms with Crippen molar-refractivity contribution in [3.63, 3.8) is 0 Å². The number of nitrogens with zero attached hydrogens (tertiary/aromatic N) is 2. The molecule has 1 N–H and O–H groups in total. The van der Waals surface area contributed by atoms with Crippen LogP contribution in [0.1, 0.15) is 17.5 Å². The van der Waals surface area contributed by atoms with Crippen LogP contribution in [0.3, 0.4) is 0 Å². The van der Waals surface area contributed by atoms with Gasteiger partial charge in [0.05, 0.1) is 42.6 Å². The molecule has 124 valence electrons. The number of nitrogens with one attached hydrogen (secondary N) is 1. The Hall–Kier alpha value is -1.68. The molecule has 3 heterocycles. The van der Waals surface area contributed by atoms with Crippen LogP contribution < -0.4 is 4.72 Å². The van der Waals surface area contributed by atoms with Gasteiger partial charge in [0.25, 0.3) is 0 Å². The fourth-order valence-corrected chi connectivity index (χ4v) is 4.00. The highest BCUT2D eigenvalue weighted by atomic mass is 35.5. The largest absolute Gasteiger partial charge is 0.463 e. The van der Waals surface area contributed by atoms with Crippen LogP contribution in [0.15, 0.2) is 23.4 Å². The molecule has 0 saturated carbocycles. The number of hydrogen-bond donors (Lipinski definition) is 1. The molecule has 0 atom stereocenters. The minimum Gasteiger partial charge on any atom is -0.463 e. The molecule has 10 heteroatoms. The zero-order valence-corrected chi connectivity index (χ0v) is 13.9. The van der Waals surface area contributed by atoms with Crippen molar-refractivity contribution < 1.29 is 22.7 Å². The van der Waals surface area contributed by atoms with Gasteiger partial charge in [-0.25, -0.2) is 22.9 Å². The molecule has 0 radical (unpaired) electrons. The lowest BCUT2D eigenvalue weighted by Gasteiger charge is -2.38. The first-order valence-corrected chi connectivity index (χ1v) is 8.48. The van der Waals surface area contributed by atoms with Gasteiger partial charge in [-0.3, -0.25) is 4.40 Å². The smallest absolute Gasteiger partial charge is 0.374 e. The molecule has 0 amide bonds. The molecule has 1 saturated heterocycles. The zero-order valence-electron chi connectivity index (χ0n) is 12.4. The number of carbonyl (C=O) groups is 1. The zero-order chi connectivity index (χ0) is 16.8. The standard InChI is InChI=1S/C13H14ClN3O5S/c1-13(6-22-7-13)16-23(19,20)8-3-9(14)10-4-15-11(12(18)21-2)17(10)5-8/h3-5,16H,6-7H2,1-2H3. The van der Waals surface area contributed by atoms with Crippen molar-refractivity contribution in [3.05, 3.63) is 29.3 Å².